The highest BCUT2D eigenvalue weighted by molar-refractivity contribution is 4.88. The Morgan fingerprint density at radius 2 is 0.643 bits per heavy atom. The largest absolute Gasteiger partial charge is 0.0654 e. The van der Waals surface area contributed by atoms with Crippen LogP contribution in [0.25, 0.3) is 0 Å². The second-order valence-electron chi connectivity index (χ2n) is 17.6. The summed E-state index contributed by atoms with van der Waals surface area (Å²) < 4.78 is 0. The molecule has 0 amide bonds. The van der Waals surface area contributed by atoms with Crippen molar-refractivity contribution in [2.24, 2.45) is 34.5 Å². The Morgan fingerprint density at radius 3 is 1.00 bits per heavy atom. The van der Waals surface area contributed by atoms with Crippen LogP contribution in [-0.4, -0.2) is 0 Å². The summed E-state index contributed by atoms with van der Waals surface area (Å²) in [6.45, 7) is 19.2. The lowest BCUT2D eigenvalue weighted by Gasteiger charge is -2.44. The Bertz CT molecular complexity index is 574. The van der Waals surface area contributed by atoms with E-state index in [-0.39, 0.29) is 0 Å². The van der Waals surface area contributed by atoms with Gasteiger partial charge in [0.1, 0.15) is 0 Å². The molecule has 0 aliphatic heterocycles. The maximum absolute atomic E-state index is 2.41. The predicted molar refractivity (Wildman–Crippen MR) is 193 cm³/mol. The van der Waals surface area contributed by atoms with Crippen LogP contribution >= 0.6 is 0 Å². The molecule has 0 spiro atoms. The molecule has 252 valence electrons. The maximum atomic E-state index is 2.41. The Morgan fingerprint density at radius 1 is 0.357 bits per heavy atom. The highest BCUT2D eigenvalue weighted by Crippen LogP contribution is 2.48. The molecule has 1 aliphatic carbocycles. The van der Waals surface area contributed by atoms with Gasteiger partial charge in [0.05, 0.1) is 0 Å². The summed E-state index contributed by atoms with van der Waals surface area (Å²) in [6.07, 6.45) is 41.5. The Kier molecular flexibility index (Phi) is 23.1. The number of hydrogen-bond donors (Lipinski definition) is 0. The maximum Gasteiger partial charge on any atom is -0.0355 e. The number of rotatable bonds is 26. The minimum absolute atomic E-state index is 0.512. The fourth-order valence-electron chi connectivity index (χ4n) is 8.32. The molecule has 1 aliphatic rings. The monoisotopic (exact) mass is 589 g/mol. The second-order valence-corrected chi connectivity index (χ2v) is 17.6. The van der Waals surface area contributed by atoms with Gasteiger partial charge in [0.25, 0.3) is 0 Å². The molecular formula is C42H84. The van der Waals surface area contributed by atoms with Crippen molar-refractivity contribution in [3.8, 4) is 0 Å². The first-order valence-electron chi connectivity index (χ1n) is 20.1. The van der Waals surface area contributed by atoms with Crippen LogP contribution in [0.1, 0.15) is 235 Å². The average Bonchev–Trinajstić information content (AvgIpc) is 2.92. The first kappa shape index (κ1) is 40.0. The second kappa shape index (κ2) is 24.3. The summed E-state index contributed by atoms with van der Waals surface area (Å²) in [6, 6.07) is 0. The van der Waals surface area contributed by atoms with Gasteiger partial charge < -0.3 is 0 Å². The molecule has 4 unspecified atom stereocenters. The molecule has 42 heavy (non-hydrogen) atoms. The van der Waals surface area contributed by atoms with Crippen molar-refractivity contribution in [2.75, 3.05) is 0 Å². The summed E-state index contributed by atoms with van der Waals surface area (Å²) in [5.74, 6) is 4.17. The normalized spacial score (nSPS) is 21.7. The van der Waals surface area contributed by atoms with E-state index in [1.807, 2.05) is 0 Å². The Balaban J connectivity index is 2.72. The minimum atomic E-state index is 0.512. The van der Waals surface area contributed by atoms with Crippen LogP contribution in [-0.2, 0) is 0 Å². The lowest BCUT2D eigenvalue weighted by molar-refractivity contribution is 0.0581. The summed E-state index contributed by atoms with van der Waals surface area (Å²) >= 11 is 0. The molecule has 0 aromatic rings. The summed E-state index contributed by atoms with van der Waals surface area (Å²) in [4.78, 5) is 0. The van der Waals surface area contributed by atoms with Gasteiger partial charge in [0.15, 0.2) is 0 Å². The van der Waals surface area contributed by atoms with Crippen molar-refractivity contribution in [2.45, 2.75) is 235 Å². The van der Waals surface area contributed by atoms with Crippen molar-refractivity contribution in [1.29, 1.82) is 0 Å². The lowest BCUT2D eigenvalue weighted by atomic mass is 9.61. The zero-order chi connectivity index (χ0) is 31.1. The van der Waals surface area contributed by atoms with Crippen LogP contribution in [0.5, 0.6) is 0 Å². The zero-order valence-electron chi connectivity index (χ0n) is 31.1. The van der Waals surface area contributed by atoms with Crippen LogP contribution in [0.3, 0.4) is 0 Å². The standard InChI is InChI=1S/C42H84/c1-9-11-13-15-19-25-31-39-37(29-23-14-12-10-2)33-34-38(30-24-18-16-21-27-35-41(3,4)5)40(39)32-26-20-17-22-28-36-42(6,7)8/h37-40H,9-36H2,1-8H3. The molecule has 0 N–H and O–H groups in total. The first-order valence-corrected chi connectivity index (χ1v) is 20.1. The fraction of sp³-hybridized carbons (Fsp3) is 1.00. The molecule has 1 rings (SSSR count). The van der Waals surface area contributed by atoms with E-state index < -0.39 is 0 Å². The van der Waals surface area contributed by atoms with Gasteiger partial charge in [-0.1, -0.05) is 197 Å². The quantitative estimate of drug-likeness (QED) is 0.0881. The van der Waals surface area contributed by atoms with Gasteiger partial charge in [0, 0.05) is 0 Å². The van der Waals surface area contributed by atoms with E-state index in [1.54, 1.807) is 38.5 Å². The molecule has 0 nitrogen and oxygen atoms in total. The van der Waals surface area contributed by atoms with Gasteiger partial charge >= 0.3 is 0 Å². The van der Waals surface area contributed by atoms with Gasteiger partial charge in [-0.05, 0) is 73.0 Å². The van der Waals surface area contributed by atoms with Crippen molar-refractivity contribution in [3.63, 3.8) is 0 Å². The molecule has 0 saturated heterocycles. The zero-order valence-corrected chi connectivity index (χ0v) is 31.1. The van der Waals surface area contributed by atoms with Gasteiger partial charge in [-0.25, -0.2) is 0 Å². The van der Waals surface area contributed by atoms with Gasteiger partial charge in [0.2, 0.25) is 0 Å². The molecule has 1 saturated carbocycles. The van der Waals surface area contributed by atoms with Crippen molar-refractivity contribution in [3.05, 3.63) is 0 Å². The van der Waals surface area contributed by atoms with Crippen LogP contribution < -0.4 is 0 Å². The molecule has 1 fully saturated rings. The number of hydrogen-bond acceptors (Lipinski definition) is 0. The van der Waals surface area contributed by atoms with E-state index in [0.29, 0.717) is 10.8 Å². The third kappa shape index (κ3) is 21.7. The molecule has 4 atom stereocenters. The first-order chi connectivity index (χ1) is 20.1. The summed E-state index contributed by atoms with van der Waals surface area (Å²) in [7, 11) is 0. The van der Waals surface area contributed by atoms with Gasteiger partial charge in [-0.2, -0.15) is 0 Å². The van der Waals surface area contributed by atoms with Crippen LogP contribution in [0, 0.1) is 34.5 Å². The van der Waals surface area contributed by atoms with Gasteiger partial charge in [-0.15, -0.1) is 0 Å². The van der Waals surface area contributed by atoms with Crippen molar-refractivity contribution >= 4 is 0 Å². The molecule has 0 bridgehead atoms. The fourth-order valence-corrected chi connectivity index (χ4v) is 8.32. The minimum Gasteiger partial charge on any atom is -0.0654 e. The van der Waals surface area contributed by atoms with E-state index in [0.717, 1.165) is 23.7 Å². The highest BCUT2D eigenvalue weighted by Gasteiger charge is 2.37. The van der Waals surface area contributed by atoms with Crippen LogP contribution in [0.15, 0.2) is 0 Å². The van der Waals surface area contributed by atoms with Crippen LogP contribution in [0.4, 0.5) is 0 Å². The summed E-state index contributed by atoms with van der Waals surface area (Å²) in [5.41, 5.74) is 1.03. The Labute approximate surface area is 269 Å². The molecule has 0 aromatic heterocycles. The van der Waals surface area contributed by atoms with Crippen molar-refractivity contribution in [1.82, 2.24) is 0 Å². The van der Waals surface area contributed by atoms with Gasteiger partial charge in [-0.3, -0.25) is 0 Å². The van der Waals surface area contributed by atoms with Crippen LogP contribution in [0.2, 0.25) is 0 Å². The third-order valence-electron chi connectivity index (χ3n) is 11.0. The smallest absolute Gasteiger partial charge is 0.0355 e. The topological polar surface area (TPSA) is 0 Å². The lowest BCUT2D eigenvalue weighted by Crippen LogP contribution is -2.35. The molecule has 0 heterocycles. The van der Waals surface area contributed by atoms with E-state index in [2.05, 4.69) is 55.4 Å². The molecular weight excluding hydrogens is 504 g/mol. The summed E-state index contributed by atoms with van der Waals surface area (Å²) in [5, 5.41) is 0. The third-order valence-corrected chi connectivity index (χ3v) is 11.0. The van der Waals surface area contributed by atoms with Crippen molar-refractivity contribution < 1.29 is 0 Å². The molecule has 0 aromatic carbocycles. The average molecular weight is 589 g/mol. The van der Waals surface area contributed by atoms with E-state index in [4.69, 9.17) is 0 Å². The number of unbranched alkanes of at least 4 members (excludes halogenated alkanes) is 16. The Hall–Kier alpha value is 0. The molecule has 0 radical (unpaired) electrons. The molecule has 0 heteroatoms. The SMILES string of the molecule is CCCCCCCCC1C(CCCCCC)CCC(CCCCCCCC(C)(C)C)C1CCCCCCCC(C)(C)C. The highest BCUT2D eigenvalue weighted by atomic mass is 14.4. The van der Waals surface area contributed by atoms with E-state index in [9.17, 15) is 0 Å². The van der Waals surface area contributed by atoms with E-state index in [1.165, 1.54) is 141 Å². The predicted octanol–water partition coefficient (Wildman–Crippen LogP) is 15.5. The van der Waals surface area contributed by atoms with E-state index >= 15 is 0 Å².